The molecule has 1 amide bonds. The fraction of sp³-hybridized carbons (Fsp3) is 0.471. The molecule has 1 unspecified atom stereocenters. The van der Waals surface area contributed by atoms with E-state index in [1.165, 1.54) is 16.5 Å². The zero-order valence-corrected chi connectivity index (χ0v) is 12.8. The SMILES string of the molecule is CCC12COC(=O)N1CCN(Cc1cccc3[nH]ccc13)C2. The number of aromatic nitrogens is 1. The molecular weight excluding hydrogens is 278 g/mol. The van der Waals surface area contributed by atoms with Crippen LogP contribution < -0.4 is 0 Å². The minimum Gasteiger partial charge on any atom is -0.447 e. The second kappa shape index (κ2) is 5.02. The molecule has 2 aliphatic rings. The van der Waals surface area contributed by atoms with E-state index >= 15 is 0 Å². The van der Waals surface area contributed by atoms with Crippen LogP contribution in [0, 0.1) is 0 Å². The molecule has 2 fully saturated rings. The minimum atomic E-state index is -0.144. The number of cyclic esters (lactones) is 1. The first-order chi connectivity index (χ1) is 10.7. The van der Waals surface area contributed by atoms with Gasteiger partial charge in [0.05, 0.1) is 5.54 Å². The number of carbonyl (C=O) groups excluding carboxylic acids is 1. The molecule has 116 valence electrons. The molecule has 0 bridgehead atoms. The maximum atomic E-state index is 11.9. The Bertz CT molecular complexity index is 711. The predicted molar refractivity (Wildman–Crippen MR) is 84.7 cm³/mol. The van der Waals surface area contributed by atoms with Crippen molar-refractivity contribution >= 4 is 17.0 Å². The van der Waals surface area contributed by atoms with Crippen LogP contribution in [-0.2, 0) is 11.3 Å². The van der Waals surface area contributed by atoms with E-state index in [0.29, 0.717) is 6.61 Å². The van der Waals surface area contributed by atoms with Crippen molar-refractivity contribution in [2.45, 2.75) is 25.4 Å². The minimum absolute atomic E-state index is 0.138. The first-order valence-corrected chi connectivity index (χ1v) is 7.94. The normalized spacial score (nSPS) is 25.5. The zero-order valence-electron chi connectivity index (χ0n) is 12.8. The van der Waals surface area contributed by atoms with Gasteiger partial charge < -0.3 is 9.72 Å². The van der Waals surface area contributed by atoms with Gasteiger partial charge in [-0.05, 0) is 24.1 Å². The summed E-state index contributed by atoms with van der Waals surface area (Å²) in [6.07, 6.45) is 2.78. The highest BCUT2D eigenvalue weighted by atomic mass is 16.6. The van der Waals surface area contributed by atoms with Gasteiger partial charge in [0, 0.05) is 43.3 Å². The molecule has 1 N–H and O–H groups in total. The van der Waals surface area contributed by atoms with Gasteiger partial charge in [0.25, 0.3) is 0 Å². The molecule has 5 heteroatoms. The van der Waals surface area contributed by atoms with Crippen LogP contribution >= 0.6 is 0 Å². The number of hydrogen-bond donors (Lipinski definition) is 1. The molecule has 0 aliphatic carbocycles. The van der Waals surface area contributed by atoms with Gasteiger partial charge in [-0.25, -0.2) is 4.79 Å². The number of amides is 1. The van der Waals surface area contributed by atoms with Crippen LogP contribution in [0.4, 0.5) is 4.79 Å². The largest absolute Gasteiger partial charge is 0.447 e. The van der Waals surface area contributed by atoms with Gasteiger partial charge in [0.1, 0.15) is 6.61 Å². The van der Waals surface area contributed by atoms with Crippen molar-refractivity contribution in [1.82, 2.24) is 14.8 Å². The Morgan fingerprint density at radius 1 is 1.32 bits per heavy atom. The summed E-state index contributed by atoms with van der Waals surface area (Å²) in [6.45, 7) is 6.13. The molecule has 2 saturated heterocycles. The Kier molecular flexibility index (Phi) is 3.11. The van der Waals surface area contributed by atoms with Crippen molar-refractivity contribution in [3.05, 3.63) is 36.0 Å². The van der Waals surface area contributed by atoms with Gasteiger partial charge in [-0.3, -0.25) is 9.80 Å². The third kappa shape index (κ3) is 2.00. The second-order valence-electron chi connectivity index (χ2n) is 6.35. The zero-order chi connectivity index (χ0) is 15.2. The van der Waals surface area contributed by atoms with Crippen LogP contribution in [0.5, 0.6) is 0 Å². The summed E-state index contributed by atoms with van der Waals surface area (Å²) in [4.78, 5) is 19.5. The molecule has 1 aromatic heterocycles. The number of aromatic amines is 1. The maximum absolute atomic E-state index is 11.9. The second-order valence-corrected chi connectivity index (χ2v) is 6.35. The summed E-state index contributed by atoms with van der Waals surface area (Å²) in [5.74, 6) is 0. The Hall–Kier alpha value is -2.01. The van der Waals surface area contributed by atoms with Gasteiger partial charge in [0.15, 0.2) is 0 Å². The standard InChI is InChI=1S/C17H21N3O2/c1-2-17-11-19(8-9-20(17)16(21)22-12-17)10-13-4-3-5-15-14(13)6-7-18-15/h3-7,18H,2,8-12H2,1H3. The fourth-order valence-electron chi connectivity index (χ4n) is 3.81. The van der Waals surface area contributed by atoms with E-state index in [4.69, 9.17) is 4.74 Å². The fourth-order valence-corrected chi connectivity index (χ4v) is 3.81. The monoisotopic (exact) mass is 299 g/mol. The number of carbonyl (C=O) groups is 1. The Morgan fingerprint density at radius 3 is 3.09 bits per heavy atom. The molecule has 2 aliphatic heterocycles. The number of fused-ring (bicyclic) bond motifs is 2. The number of hydrogen-bond acceptors (Lipinski definition) is 3. The van der Waals surface area contributed by atoms with Crippen LogP contribution in [0.2, 0.25) is 0 Å². The van der Waals surface area contributed by atoms with Crippen LogP contribution in [-0.4, -0.2) is 52.7 Å². The van der Waals surface area contributed by atoms with Crippen molar-refractivity contribution in [2.75, 3.05) is 26.2 Å². The third-order valence-electron chi connectivity index (χ3n) is 5.15. The van der Waals surface area contributed by atoms with Gasteiger partial charge in [0.2, 0.25) is 0 Å². The number of H-pyrrole nitrogens is 1. The van der Waals surface area contributed by atoms with Crippen molar-refractivity contribution in [3.63, 3.8) is 0 Å². The lowest BCUT2D eigenvalue weighted by atomic mass is 9.92. The van der Waals surface area contributed by atoms with E-state index in [1.54, 1.807) is 0 Å². The first kappa shape index (κ1) is 13.6. The summed E-state index contributed by atoms with van der Waals surface area (Å²) in [6, 6.07) is 8.53. The van der Waals surface area contributed by atoms with Gasteiger partial charge in [-0.15, -0.1) is 0 Å². The van der Waals surface area contributed by atoms with E-state index in [1.807, 2.05) is 11.1 Å². The Morgan fingerprint density at radius 2 is 2.23 bits per heavy atom. The van der Waals surface area contributed by atoms with Crippen LogP contribution in [0.15, 0.2) is 30.5 Å². The first-order valence-electron chi connectivity index (χ1n) is 7.94. The molecule has 2 aromatic rings. The summed E-state index contributed by atoms with van der Waals surface area (Å²) < 4.78 is 5.31. The van der Waals surface area contributed by atoms with E-state index < -0.39 is 0 Å². The van der Waals surface area contributed by atoms with Crippen LogP contribution in [0.3, 0.4) is 0 Å². The Labute approximate surface area is 129 Å². The smallest absolute Gasteiger partial charge is 0.410 e. The lowest BCUT2D eigenvalue weighted by molar-refractivity contribution is 0.0451. The van der Waals surface area contributed by atoms with Crippen molar-refractivity contribution in [1.29, 1.82) is 0 Å². The van der Waals surface area contributed by atoms with Crippen molar-refractivity contribution in [3.8, 4) is 0 Å². The highest BCUT2D eigenvalue weighted by Gasteiger charge is 2.49. The predicted octanol–water partition coefficient (Wildman–Crippen LogP) is 2.58. The molecule has 22 heavy (non-hydrogen) atoms. The third-order valence-corrected chi connectivity index (χ3v) is 5.15. The highest BCUT2D eigenvalue weighted by Crippen LogP contribution is 2.32. The number of nitrogens with one attached hydrogen (secondary N) is 1. The van der Waals surface area contributed by atoms with Crippen molar-refractivity contribution in [2.24, 2.45) is 0 Å². The molecule has 5 nitrogen and oxygen atoms in total. The molecule has 1 aromatic carbocycles. The number of nitrogens with zero attached hydrogens (tertiary/aromatic N) is 2. The molecule has 0 saturated carbocycles. The molecule has 0 radical (unpaired) electrons. The summed E-state index contributed by atoms with van der Waals surface area (Å²) in [5, 5.41) is 1.29. The van der Waals surface area contributed by atoms with Gasteiger partial charge in [-0.2, -0.15) is 0 Å². The molecular formula is C17H21N3O2. The molecule has 1 atom stereocenters. The summed E-state index contributed by atoms with van der Waals surface area (Å²) >= 11 is 0. The molecule has 0 spiro atoms. The number of ether oxygens (including phenoxy) is 1. The lowest BCUT2D eigenvalue weighted by Crippen LogP contribution is -2.60. The van der Waals surface area contributed by atoms with E-state index in [2.05, 4.69) is 41.1 Å². The molecule has 3 heterocycles. The van der Waals surface area contributed by atoms with Crippen molar-refractivity contribution < 1.29 is 9.53 Å². The highest BCUT2D eigenvalue weighted by molar-refractivity contribution is 5.82. The van der Waals surface area contributed by atoms with Gasteiger partial charge >= 0.3 is 6.09 Å². The van der Waals surface area contributed by atoms with E-state index in [0.717, 1.165) is 32.6 Å². The average Bonchev–Trinajstić information content (AvgIpc) is 3.13. The summed E-state index contributed by atoms with van der Waals surface area (Å²) in [7, 11) is 0. The average molecular weight is 299 g/mol. The van der Waals surface area contributed by atoms with Crippen LogP contribution in [0.1, 0.15) is 18.9 Å². The number of piperazine rings is 1. The summed E-state index contributed by atoms with van der Waals surface area (Å²) in [5.41, 5.74) is 2.38. The number of rotatable bonds is 3. The maximum Gasteiger partial charge on any atom is 0.410 e. The Balaban J connectivity index is 1.57. The topological polar surface area (TPSA) is 48.6 Å². The lowest BCUT2D eigenvalue weighted by Gasteiger charge is -2.44. The number of benzene rings is 1. The van der Waals surface area contributed by atoms with Crippen LogP contribution in [0.25, 0.3) is 10.9 Å². The van der Waals surface area contributed by atoms with Gasteiger partial charge in [-0.1, -0.05) is 19.1 Å². The molecule has 4 rings (SSSR count). The quantitative estimate of drug-likeness (QED) is 0.947. The van der Waals surface area contributed by atoms with E-state index in [-0.39, 0.29) is 11.6 Å². The van der Waals surface area contributed by atoms with E-state index in [9.17, 15) is 4.79 Å².